The first-order valence-electron chi connectivity index (χ1n) is 13.7. The lowest BCUT2D eigenvalue weighted by atomic mass is 9.75. The summed E-state index contributed by atoms with van der Waals surface area (Å²) in [6.45, 7) is 1.93. The van der Waals surface area contributed by atoms with E-state index in [2.05, 4.69) is 10.2 Å². The van der Waals surface area contributed by atoms with Gasteiger partial charge < -0.3 is 18.9 Å². The van der Waals surface area contributed by atoms with Gasteiger partial charge in [-0.15, -0.1) is 0 Å². The highest BCUT2D eigenvalue weighted by Gasteiger charge is 2.56. The number of piperidine rings is 1. The van der Waals surface area contributed by atoms with Crippen LogP contribution in [0.5, 0.6) is 11.5 Å². The van der Waals surface area contributed by atoms with Gasteiger partial charge in [-0.05, 0) is 54.7 Å². The minimum atomic E-state index is -1.59. The molecule has 2 aromatic carbocycles. The molecule has 0 radical (unpaired) electrons. The van der Waals surface area contributed by atoms with Gasteiger partial charge in [0.2, 0.25) is 5.91 Å². The van der Waals surface area contributed by atoms with Crippen LogP contribution in [-0.4, -0.2) is 61.2 Å². The number of carbonyl (C=O) groups excluding carboxylic acids is 3. The van der Waals surface area contributed by atoms with Crippen LogP contribution in [0.15, 0.2) is 71.5 Å². The number of hydrogen-bond acceptors (Lipinski definition) is 7. The lowest BCUT2D eigenvalue weighted by Crippen LogP contribution is -2.68. The quantitative estimate of drug-likeness (QED) is 0.446. The lowest BCUT2D eigenvalue weighted by Gasteiger charge is -2.47. The van der Waals surface area contributed by atoms with Crippen molar-refractivity contribution in [1.29, 1.82) is 0 Å². The lowest BCUT2D eigenvalue weighted by molar-refractivity contribution is -0.144. The maximum Gasteiger partial charge on any atom is 0.335 e. The fraction of sp³-hybridized carbons (Fsp3) is 0.355. The number of imide groups is 2. The summed E-state index contributed by atoms with van der Waals surface area (Å²) in [7, 11) is 3.07. The van der Waals surface area contributed by atoms with E-state index in [4.69, 9.17) is 9.47 Å². The summed E-state index contributed by atoms with van der Waals surface area (Å²) in [4.78, 5) is 57.1. The molecule has 3 aliphatic rings. The topological polar surface area (TPSA) is 110 Å². The average molecular weight is 557 g/mol. The molecule has 212 valence electrons. The molecule has 10 heteroatoms. The van der Waals surface area contributed by atoms with E-state index in [1.165, 1.54) is 7.11 Å². The number of anilines is 1. The number of nitrogens with one attached hydrogen (secondary N) is 1. The number of barbiturate groups is 1. The Balaban J connectivity index is 1.39. The number of pyridine rings is 1. The van der Waals surface area contributed by atoms with E-state index in [1.807, 2.05) is 10.6 Å². The summed E-state index contributed by atoms with van der Waals surface area (Å²) in [5.41, 5.74) is 0.471. The highest BCUT2D eigenvalue weighted by molar-refractivity contribution is 6.30. The summed E-state index contributed by atoms with van der Waals surface area (Å²) in [6, 6.07) is 18.5. The number of rotatable bonds is 7. The molecule has 3 aliphatic heterocycles. The van der Waals surface area contributed by atoms with E-state index in [0.717, 1.165) is 17.0 Å². The van der Waals surface area contributed by atoms with Crippen LogP contribution >= 0.6 is 0 Å². The van der Waals surface area contributed by atoms with Gasteiger partial charge in [-0.2, -0.15) is 0 Å². The zero-order chi connectivity index (χ0) is 28.7. The van der Waals surface area contributed by atoms with Crippen molar-refractivity contribution in [2.75, 3.05) is 38.8 Å². The summed E-state index contributed by atoms with van der Waals surface area (Å²) >= 11 is 0. The molecule has 41 heavy (non-hydrogen) atoms. The maximum atomic E-state index is 14.4. The van der Waals surface area contributed by atoms with E-state index < -0.39 is 23.3 Å². The van der Waals surface area contributed by atoms with Gasteiger partial charge in [0, 0.05) is 43.9 Å². The smallest absolute Gasteiger partial charge is 0.335 e. The molecular weight excluding hydrogens is 524 g/mol. The predicted octanol–water partition coefficient (Wildman–Crippen LogP) is 2.80. The molecule has 6 rings (SSSR count). The standard InChI is InChI=1S/C31H32N4O6/c1-40-25-12-11-20(14-26(25)41-2)15-31(28(37)32-30(39)35(29(31)38)23-7-4-3-5-8-23)19-33-16-21-13-22(18-33)24-9-6-10-27(36)34(24)17-21/h3-12,14,21-22H,13,15-19H2,1-2H3,(H,32,37,39)/t21-,22-,31+/m0/s1. The summed E-state index contributed by atoms with van der Waals surface area (Å²) in [6.07, 6.45) is 0.994. The van der Waals surface area contributed by atoms with Crippen molar-refractivity contribution >= 4 is 23.5 Å². The van der Waals surface area contributed by atoms with Crippen molar-refractivity contribution < 1.29 is 23.9 Å². The van der Waals surface area contributed by atoms with Crippen molar-refractivity contribution in [2.24, 2.45) is 11.3 Å². The third-order valence-electron chi connectivity index (χ3n) is 8.49. The first-order valence-corrected chi connectivity index (χ1v) is 13.7. The second kappa shape index (κ2) is 10.5. The van der Waals surface area contributed by atoms with Crippen molar-refractivity contribution in [3.05, 3.63) is 88.3 Å². The number of nitrogens with zero attached hydrogens (tertiary/aromatic N) is 3. The van der Waals surface area contributed by atoms with E-state index in [-0.39, 0.29) is 30.4 Å². The van der Waals surface area contributed by atoms with Gasteiger partial charge in [-0.3, -0.25) is 19.7 Å². The Labute approximate surface area is 237 Å². The Hall–Kier alpha value is -4.44. The van der Waals surface area contributed by atoms with Gasteiger partial charge in [0.15, 0.2) is 11.5 Å². The Morgan fingerprint density at radius 1 is 0.878 bits per heavy atom. The van der Waals surface area contributed by atoms with Crippen molar-refractivity contribution in [1.82, 2.24) is 14.8 Å². The van der Waals surface area contributed by atoms with E-state index in [9.17, 15) is 19.2 Å². The highest BCUT2D eigenvalue weighted by Crippen LogP contribution is 2.40. The van der Waals surface area contributed by atoms with Crippen LogP contribution in [0.3, 0.4) is 0 Å². The highest BCUT2D eigenvalue weighted by atomic mass is 16.5. The molecule has 10 nitrogen and oxygen atoms in total. The van der Waals surface area contributed by atoms with Crippen LogP contribution in [0.1, 0.15) is 23.6 Å². The van der Waals surface area contributed by atoms with Gasteiger partial charge in [-0.1, -0.05) is 30.3 Å². The third-order valence-corrected chi connectivity index (χ3v) is 8.49. The zero-order valence-electron chi connectivity index (χ0n) is 23.0. The summed E-state index contributed by atoms with van der Waals surface area (Å²) in [5.74, 6) is 0.121. The molecule has 2 bridgehead atoms. The van der Waals surface area contributed by atoms with Crippen LogP contribution in [0.4, 0.5) is 10.5 Å². The second-order valence-corrected chi connectivity index (χ2v) is 11.1. The molecule has 1 N–H and O–H groups in total. The van der Waals surface area contributed by atoms with Crippen LogP contribution in [-0.2, 0) is 22.6 Å². The van der Waals surface area contributed by atoms with E-state index in [0.29, 0.717) is 42.4 Å². The van der Waals surface area contributed by atoms with Gasteiger partial charge in [0.1, 0.15) is 5.41 Å². The van der Waals surface area contributed by atoms with Crippen LogP contribution in [0.25, 0.3) is 0 Å². The first-order chi connectivity index (χ1) is 19.8. The van der Waals surface area contributed by atoms with Gasteiger partial charge in [0.25, 0.3) is 11.5 Å². The Bertz CT molecular complexity index is 1570. The number of fused-ring (bicyclic) bond motifs is 4. The van der Waals surface area contributed by atoms with Crippen molar-refractivity contribution in [3.63, 3.8) is 0 Å². The molecule has 0 saturated carbocycles. The Morgan fingerprint density at radius 3 is 2.41 bits per heavy atom. The molecule has 0 unspecified atom stereocenters. The number of ether oxygens (including phenoxy) is 2. The second-order valence-electron chi connectivity index (χ2n) is 11.1. The number of carbonyl (C=O) groups is 3. The van der Waals surface area contributed by atoms with Crippen molar-refractivity contribution in [2.45, 2.75) is 25.3 Å². The SMILES string of the molecule is COc1ccc(C[C@@]2(CN3C[C@@H]4C[C@@H](C3)c3cccc(=O)n3C4)C(=O)NC(=O)N(c3ccccc3)C2=O)cc1OC. The number of aromatic nitrogens is 1. The zero-order valence-corrected chi connectivity index (χ0v) is 23.0. The molecule has 3 aromatic rings. The third kappa shape index (κ3) is 4.67. The summed E-state index contributed by atoms with van der Waals surface area (Å²) < 4.78 is 12.7. The molecule has 2 saturated heterocycles. The van der Waals surface area contributed by atoms with Gasteiger partial charge >= 0.3 is 6.03 Å². The fourth-order valence-electron chi connectivity index (χ4n) is 6.68. The largest absolute Gasteiger partial charge is 0.493 e. The van der Waals surface area contributed by atoms with Crippen LogP contribution < -0.4 is 25.2 Å². The number of methoxy groups -OCH3 is 2. The van der Waals surface area contributed by atoms with Gasteiger partial charge in [-0.25, -0.2) is 9.69 Å². The Morgan fingerprint density at radius 2 is 1.66 bits per heavy atom. The number of amides is 4. The van der Waals surface area contributed by atoms with Crippen LogP contribution in [0.2, 0.25) is 0 Å². The minimum Gasteiger partial charge on any atom is -0.493 e. The molecule has 0 aliphatic carbocycles. The minimum absolute atomic E-state index is 0.00516. The number of hydrogen-bond donors (Lipinski definition) is 1. The predicted molar refractivity (Wildman–Crippen MR) is 151 cm³/mol. The molecule has 2 fully saturated rings. The molecule has 4 amide bonds. The number of para-hydroxylation sites is 1. The number of likely N-dealkylation sites (tertiary alicyclic amines) is 1. The van der Waals surface area contributed by atoms with Crippen LogP contribution in [0, 0.1) is 11.3 Å². The normalized spacial score (nSPS) is 24.0. The van der Waals surface area contributed by atoms with E-state index in [1.54, 1.807) is 67.8 Å². The maximum absolute atomic E-state index is 14.4. The van der Waals surface area contributed by atoms with Crippen molar-refractivity contribution in [3.8, 4) is 11.5 Å². The monoisotopic (exact) mass is 556 g/mol. The molecule has 4 heterocycles. The summed E-state index contributed by atoms with van der Waals surface area (Å²) in [5, 5.41) is 2.48. The van der Waals surface area contributed by atoms with E-state index >= 15 is 0 Å². The molecule has 3 atom stereocenters. The fourth-order valence-corrected chi connectivity index (χ4v) is 6.68. The van der Waals surface area contributed by atoms with Gasteiger partial charge in [0.05, 0.1) is 19.9 Å². The average Bonchev–Trinajstić information content (AvgIpc) is 2.97. The number of benzene rings is 2. The molecule has 0 spiro atoms. The molecule has 1 aromatic heterocycles. The Kier molecular flexibility index (Phi) is 6.86. The molecular formula is C31H32N4O6. The first kappa shape index (κ1) is 26.8. The number of urea groups is 1.